The topological polar surface area (TPSA) is 29.0 Å². The van der Waals surface area contributed by atoms with Gasteiger partial charge in [0, 0.05) is 23.8 Å². The van der Waals surface area contributed by atoms with E-state index in [1.54, 1.807) is 0 Å². The van der Waals surface area contributed by atoms with Crippen LogP contribution in [-0.2, 0) is 6.42 Å². The molecule has 0 bridgehead atoms. The quantitative estimate of drug-likeness (QED) is 0.865. The minimum absolute atomic E-state index is 0.418. The second-order valence-electron chi connectivity index (χ2n) is 5.38. The molecule has 0 unspecified atom stereocenters. The highest BCUT2D eigenvalue weighted by Gasteiger charge is 2.24. The third-order valence-corrected chi connectivity index (χ3v) is 4.07. The van der Waals surface area contributed by atoms with Crippen molar-refractivity contribution in [2.75, 3.05) is 13.6 Å². The van der Waals surface area contributed by atoms with E-state index >= 15 is 0 Å². The number of aromatic nitrogens is 2. The predicted octanol–water partition coefficient (Wildman–Crippen LogP) is 3.49. The standard InChI is InChI=1S/C16H18ClN3/c1-20-7-3-6-16(20)15-11-18-10-14(19-15)9-12-4-2-5-13(17)8-12/h2,4-5,8,10-11,16H,3,6-7,9H2,1H3/t16-/m0/s1. The third kappa shape index (κ3) is 3.00. The van der Waals surface area contributed by atoms with Gasteiger partial charge in [-0.2, -0.15) is 0 Å². The molecule has 0 radical (unpaired) electrons. The molecule has 0 aliphatic carbocycles. The van der Waals surface area contributed by atoms with Crippen molar-refractivity contribution in [2.24, 2.45) is 0 Å². The summed E-state index contributed by atoms with van der Waals surface area (Å²) in [6, 6.07) is 8.33. The van der Waals surface area contributed by atoms with Crippen LogP contribution in [0.4, 0.5) is 0 Å². The molecule has 104 valence electrons. The molecule has 0 amide bonds. The summed E-state index contributed by atoms with van der Waals surface area (Å²) in [6.45, 7) is 1.14. The lowest BCUT2D eigenvalue weighted by molar-refractivity contribution is 0.311. The highest BCUT2D eigenvalue weighted by molar-refractivity contribution is 6.30. The maximum Gasteiger partial charge on any atom is 0.0761 e. The van der Waals surface area contributed by atoms with Crippen molar-refractivity contribution in [3.05, 3.63) is 58.6 Å². The van der Waals surface area contributed by atoms with Crippen LogP contribution in [0.15, 0.2) is 36.7 Å². The second-order valence-corrected chi connectivity index (χ2v) is 5.82. The Morgan fingerprint density at radius 2 is 2.25 bits per heavy atom. The molecule has 1 aromatic heterocycles. The van der Waals surface area contributed by atoms with Crippen LogP contribution in [0.3, 0.4) is 0 Å². The molecule has 1 atom stereocenters. The first kappa shape index (κ1) is 13.5. The van der Waals surface area contributed by atoms with Crippen molar-refractivity contribution in [2.45, 2.75) is 25.3 Å². The van der Waals surface area contributed by atoms with Crippen LogP contribution in [-0.4, -0.2) is 28.5 Å². The van der Waals surface area contributed by atoms with Crippen LogP contribution in [0.2, 0.25) is 5.02 Å². The van der Waals surface area contributed by atoms with Crippen LogP contribution in [0.5, 0.6) is 0 Å². The molecule has 3 rings (SSSR count). The number of hydrogen-bond donors (Lipinski definition) is 0. The Morgan fingerprint density at radius 1 is 1.35 bits per heavy atom. The molecule has 20 heavy (non-hydrogen) atoms. The highest BCUT2D eigenvalue weighted by Crippen LogP contribution is 2.28. The maximum absolute atomic E-state index is 6.02. The number of benzene rings is 1. The van der Waals surface area contributed by atoms with Crippen LogP contribution >= 0.6 is 11.6 Å². The molecule has 0 saturated carbocycles. The summed E-state index contributed by atoms with van der Waals surface area (Å²) in [4.78, 5) is 11.5. The van der Waals surface area contributed by atoms with Gasteiger partial charge in [-0.05, 0) is 44.1 Å². The van der Waals surface area contributed by atoms with Gasteiger partial charge in [-0.25, -0.2) is 0 Å². The molecule has 1 saturated heterocycles. The predicted molar refractivity (Wildman–Crippen MR) is 80.9 cm³/mol. The average Bonchev–Trinajstić information content (AvgIpc) is 2.85. The zero-order chi connectivity index (χ0) is 13.9. The largest absolute Gasteiger partial charge is 0.298 e. The van der Waals surface area contributed by atoms with E-state index in [1.165, 1.54) is 18.4 Å². The van der Waals surface area contributed by atoms with E-state index in [9.17, 15) is 0 Å². The summed E-state index contributed by atoms with van der Waals surface area (Å²) in [6.07, 6.45) is 6.93. The molecule has 2 heterocycles. The molecule has 3 nitrogen and oxygen atoms in total. The minimum Gasteiger partial charge on any atom is -0.298 e. The van der Waals surface area contributed by atoms with Gasteiger partial charge in [0.05, 0.1) is 17.4 Å². The SMILES string of the molecule is CN1CCC[C@H]1c1cncc(Cc2cccc(Cl)c2)n1. The van der Waals surface area contributed by atoms with E-state index in [-0.39, 0.29) is 0 Å². The van der Waals surface area contributed by atoms with Gasteiger partial charge in [-0.1, -0.05) is 23.7 Å². The third-order valence-electron chi connectivity index (χ3n) is 3.84. The minimum atomic E-state index is 0.418. The first-order valence-electron chi connectivity index (χ1n) is 6.98. The Labute approximate surface area is 124 Å². The van der Waals surface area contributed by atoms with Gasteiger partial charge >= 0.3 is 0 Å². The molecule has 1 fully saturated rings. The molecule has 1 aliphatic heterocycles. The van der Waals surface area contributed by atoms with Crippen molar-refractivity contribution in [3.63, 3.8) is 0 Å². The van der Waals surface area contributed by atoms with Crippen LogP contribution < -0.4 is 0 Å². The first-order valence-corrected chi connectivity index (χ1v) is 7.35. The Morgan fingerprint density at radius 3 is 3.00 bits per heavy atom. The lowest BCUT2D eigenvalue weighted by atomic mass is 10.1. The second kappa shape index (κ2) is 5.90. The van der Waals surface area contributed by atoms with E-state index in [0.717, 1.165) is 29.4 Å². The Balaban J connectivity index is 1.81. The van der Waals surface area contributed by atoms with E-state index in [2.05, 4.69) is 23.0 Å². The summed E-state index contributed by atoms with van der Waals surface area (Å²) >= 11 is 6.02. The van der Waals surface area contributed by atoms with Gasteiger partial charge in [-0.3, -0.25) is 14.9 Å². The first-order chi connectivity index (χ1) is 9.72. The lowest BCUT2D eigenvalue weighted by Crippen LogP contribution is -2.19. The summed E-state index contributed by atoms with van der Waals surface area (Å²) in [5.41, 5.74) is 3.26. The number of halogens is 1. The number of hydrogen-bond acceptors (Lipinski definition) is 3. The van der Waals surface area contributed by atoms with E-state index in [0.29, 0.717) is 6.04 Å². The van der Waals surface area contributed by atoms with Crippen molar-refractivity contribution >= 4 is 11.6 Å². The Hall–Kier alpha value is -1.45. The van der Waals surface area contributed by atoms with Gasteiger partial charge in [0.2, 0.25) is 0 Å². The Kier molecular flexibility index (Phi) is 3.99. The van der Waals surface area contributed by atoms with E-state index < -0.39 is 0 Å². The summed E-state index contributed by atoms with van der Waals surface area (Å²) < 4.78 is 0. The number of nitrogens with zero attached hydrogens (tertiary/aromatic N) is 3. The monoisotopic (exact) mass is 287 g/mol. The summed E-state index contributed by atoms with van der Waals surface area (Å²) in [7, 11) is 2.16. The summed E-state index contributed by atoms with van der Waals surface area (Å²) in [5.74, 6) is 0. The molecule has 0 N–H and O–H groups in total. The smallest absolute Gasteiger partial charge is 0.0761 e. The van der Waals surface area contributed by atoms with Gasteiger partial charge in [0.25, 0.3) is 0 Å². The van der Waals surface area contributed by atoms with Crippen molar-refractivity contribution in [1.82, 2.24) is 14.9 Å². The normalized spacial score (nSPS) is 19.4. The molecule has 0 spiro atoms. The zero-order valence-electron chi connectivity index (χ0n) is 11.6. The number of likely N-dealkylation sites (tertiary alicyclic amines) is 1. The van der Waals surface area contributed by atoms with E-state index in [4.69, 9.17) is 16.6 Å². The van der Waals surface area contributed by atoms with Crippen molar-refractivity contribution in [1.29, 1.82) is 0 Å². The van der Waals surface area contributed by atoms with Crippen LogP contribution in [0.1, 0.15) is 35.8 Å². The Bertz CT molecular complexity index is 600. The van der Waals surface area contributed by atoms with Crippen molar-refractivity contribution < 1.29 is 0 Å². The lowest BCUT2D eigenvalue weighted by Gasteiger charge is -2.18. The fourth-order valence-electron chi connectivity index (χ4n) is 2.81. The molecular weight excluding hydrogens is 270 g/mol. The molecule has 1 aromatic carbocycles. The van der Waals surface area contributed by atoms with Gasteiger partial charge in [0.1, 0.15) is 0 Å². The number of rotatable bonds is 3. The fraction of sp³-hybridized carbons (Fsp3) is 0.375. The maximum atomic E-state index is 6.02. The van der Waals surface area contributed by atoms with Crippen molar-refractivity contribution in [3.8, 4) is 0 Å². The fourth-order valence-corrected chi connectivity index (χ4v) is 3.02. The summed E-state index contributed by atoms with van der Waals surface area (Å²) in [5, 5.41) is 0.766. The highest BCUT2D eigenvalue weighted by atomic mass is 35.5. The average molecular weight is 288 g/mol. The molecule has 1 aliphatic rings. The van der Waals surface area contributed by atoms with Gasteiger partial charge in [0.15, 0.2) is 0 Å². The van der Waals surface area contributed by atoms with Gasteiger partial charge in [-0.15, -0.1) is 0 Å². The molecule has 4 heteroatoms. The van der Waals surface area contributed by atoms with Crippen LogP contribution in [0.25, 0.3) is 0 Å². The molecular formula is C16H18ClN3. The van der Waals surface area contributed by atoms with Crippen LogP contribution in [0, 0.1) is 0 Å². The van der Waals surface area contributed by atoms with Gasteiger partial charge < -0.3 is 0 Å². The molecule has 2 aromatic rings. The van der Waals surface area contributed by atoms with E-state index in [1.807, 2.05) is 30.6 Å². The zero-order valence-corrected chi connectivity index (χ0v) is 12.3.